The van der Waals surface area contributed by atoms with Gasteiger partial charge in [0.05, 0.1) is 4.90 Å². The molecular formula is C13H21N3O3S. The van der Waals surface area contributed by atoms with E-state index in [4.69, 9.17) is 5.11 Å². The molecule has 0 spiro atoms. The Labute approximate surface area is 119 Å². The van der Waals surface area contributed by atoms with E-state index in [9.17, 15) is 8.42 Å². The Hall–Kier alpha value is -1.18. The van der Waals surface area contributed by atoms with E-state index >= 15 is 0 Å². The molecule has 20 heavy (non-hydrogen) atoms. The summed E-state index contributed by atoms with van der Waals surface area (Å²) >= 11 is 0. The Balaban J connectivity index is 2.28. The van der Waals surface area contributed by atoms with Crippen LogP contribution in [0.5, 0.6) is 0 Å². The molecular weight excluding hydrogens is 278 g/mol. The van der Waals surface area contributed by atoms with Gasteiger partial charge in [0.2, 0.25) is 10.0 Å². The summed E-state index contributed by atoms with van der Waals surface area (Å²) in [7, 11) is -1.82. The van der Waals surface area contributed by atoms with E-state index in [2.05, 4.69) is 10.3 Å². The van der Waals surface area contributed by atoms with E-state index in [1.165, 1.54) is 16.6 Å². The highest BCUT2D eigenvalue weighted by molar-refractivity contribution is 7.89. The molecule has 1 aromatic rings. The molecule has 0 aromatic carbocycles. The highest BCUT2D eigenvalue weighted by atomic mass is 32.2. The molecule has 0 bridgehead atoms. The normalized spacial score (nSPS) is 16.1. The summed E-state index contributed by atoms with van der Waals surface area (Å²) in [6.07, 6.45) is 4.81. The van der Waals surface area contributed by atoms with Crippen LogP contribution < -0.4 is 5.32 Å². The average Bonchev–Trinajstić information content (AvgIpc) is 2.41. The maximum Gasteiger partial charge on any atom is 0.243 e. The maximum atomic E-state index is 12.7. The Bertz CT molecular complexity index is 544. The van der Waals surface area contributed by atoms with Crippen LogP contribution in [0.3, 0.4) is 0 Å². The van der Waals surface area contributed by atoms with Crippen molar-refractivity contribution in [3.05, 3.63) is 18.3 Å². The highest BCUT2D eigenvalue weighted by Gasteiger charge is 2.34. The second-order valence-corrected chi connectivity index (χ2v) is 6.79. The molecule has 0 saturated heterocycles. The molecule has 1 aliphatic carbocycles. The molecule has 0 unspecified atom stereocenters. The first kappa shape index (κ1) is 15.2. The molecule has 2 N–H and O–H groups in total. The van der Waals surface area contributed by atoms with Crippen molar-refractivity contribution in [2.45, 2.75) is 36.6 Å². The molecule has 0 radical (unpaired) electrons. The van der Waals surface area contributed by atoms with E-state index in [-0.39, 0.29) is 17.5 Å². The van der Waals surface area contributed by atoms with Crippen LogP contribution in [0.1, 0.15) is 25.7 Å². The molecule has 1 saturated carbocycles. The lowest BCUT2D eigenvalue weighted by Crippen LogP contribution is -2.44. The predicted molar refractivity (Wildman–Crippen MR) is 77.0 cm³/mol. The first-order chi connectivity index (χ1) is 9.59. The molecule has 1 heterocycles. The van der Waals surface area contributed by atoms with Gasteiger partial charge >= 0.3 is 0 Å². The van der Waals surface area contributed by atoms with Gasteiger partial charge in [0.1, 0.15) is 5.82 Å². The minimum Gasteiger partial charge on any atom is -0.396 e. The molecule has 1 aliphatic rings. The molecule has 0 aliphatic heterocycles. The second-order valence-electron chi connectivity index (χ2n) is 4.90. The van der Waals surface area contributed by atoms with E-state index in [0.717, 1.165) is 19.3 Å². The fourth-order valence-electron chi connectivity index (χ4n) is 2.24. The number of nitrogens with one attached hydrogen (secondary N) is 1. The van der Waals surface area contributed by atoms with Crippen molar-refractivity contribution in [2.75, 3.05) is 25.5 Å². The van der Waals surface area contributed by atoms with Crippen molar-refractivity contribution < 1.29 is 13.5 Å². The number of aromatic nitrogens is 1. The number of rotatable bonds is 7. The van der Waals surface area contributed by atoms with Gasteiger partial charge in [-0.1, -0.05) is 6.42 Å². The zero-order valence-corrected chi connectivity index (χ0v) is 12.4. The summed E-state index contributed by atoms with van der Waals surface area (Å²) < 4.78 is 27.0. The quantitative estimate of drug-likeness (QED) is 0.786. The van der Waals surface area contributed by atoms with Crippen LogP contribution >= 0.6 is 0 Å². The third-order valence-electron chi connectivity index (χ3n) is 3.61. The molecule has 1 aromatic heterocycles. The van der Waals surface area contributed by atoms with Crippen LogP contribution in [0.4, 0.5) is 5.82 Å². The lowest BCUT2D eigenvalue weighted by Gasteiger charge is -2.36. The zero-order chi connectivity index (χ0) is 14.6. The van der Waals surface area contributed by atoms with Crippen molar-refractivity contribution in [3.8, 4) is 0 Å². The number of aliphatic hydroxyl groups excluding tert-OH is 1. The summed E-state index contributed by atoms with van der Waals surface area (Å²) in [5.41, 5.74) is 0. The number of hydrogen-bond acceptors (Lipinski definition) is 5. The Morgan fingerprint density at radius 2 is 2.25 bits per heavy atom. The van der Waals surface area contributed by atoms with Crippen LogP contribution in [0, 0.1) is 0 Å². The van der Waals surface area contributed by atoms with Crippen molar-refractivity contribution in [1.82, 2.24) is 9.29 Å². The van der Waals surface area contributed by atoms with Gasteiger partial charge in [0, 0.05) is 38.5 Å². The minimum atomic E-state index is -3.52. The molecule has 0 atom stereocenters. The summed E-state index contributed by atoms with van der Waals surface area (Å²) in [5.74, 6) is 0.529. The Kier molecular flexibility index (Phi) is 4.95. The van der Waals surface area contributed by atoms with Crippen molar-refractivity contribution in [2.24, 2.45) is 0 Å². The number of hydrogen-bond donors (Lipinski definition) is 2. The van der Waals surface area contributed by atoms with Gasteiger partial charge in [-0.3, -0.25) is 0 Å². The van der Waals surface area contributed by atoms with Crippen molar-refractivity contribution in [3.63, 3.8) is 0 Å². The van der Waals surface area contributed by atoms with Crippen LogP contribution in [-0.2, 0) is 10.0 Å². The number of anilines is 1. The molecule has 1 fully saturated rings. The van der Waals surface area contributed by atoms with Crippen LogP contribution in [0.25, 0.3) is 0 Å². The standard InChI is InChI=1S/C13H21N3O3S/c1-14-13-10-12(6-7-15-13)20(18,19)16(8-3-9-17)11-4-2-5-11/h6-7,10-11,17H,2-5,8-9H2,1H3,(H,14,15). The molecule has 0 amide bonds. The average molecular weight is 299 g/mol. The molecule has 2 rings (SSSR count). The van der Waals surface area contributed by atoms with Crippen LogP contribution in [0.2, 0.25) is 0 Å². The monoisotopic (exact) mass is 299 g/mol. The fraction of sp³-hybridized carbons (Fsp3) is 0.615. The Morgan fingerprint density at radius 1 is 1.50 bits per heavy atom. The van der Waals surface area contributed by atoms with Crippen molar-refractivity contribution in [1.29, 1.82) is 0 Å². The lowest BCUT2D eigenvalue weighted by atomic mass is 9.93. The van der Waals surface area contributed by atoms with E-state index in [0.29, 0.717) is 18.8 Å². The first-order valence-electron chi connectivity index (χ1n) is 6.86. The van der Waals surface area contributed by atoms with Gasteiger partial charge in [0.15, 0.2) is 0 Å². The number of nitrogens with zero attached hydrogens (tertiary/aromatic N) is 2. The van der Waals surface area contributed by atoms with E-state index in [1.807, 2.05) is 0 Å². The zero-order valence-electron chi connectivity index (χ0n) is 11.6. The minimum absolute atomic E-state index is 0.00312. The summed E-state index contributed by atoms with van der Waals surface area (Å²) in [5, 5.41) is 11.8. The third kappa shape index (κ3) is 3.11. The second kappa shape index (κ2) is 6.51. The maximum absolute atomic E-state index is 12.7. The van der Waals surface area contributed by atoms with E-state index < -0.39 is 10.0 Å². The SMILES string of the molecule is CNc1cc(S(=O)(=O)N(CCCO)C2CCC2)ccn1. The fourth-order valence-corrected chi connectivity index (χ4v) is 3.98. The Morgan fingerprint density at radius 3 is 2.80 bits per heavy atom. The first-order valence-corrected chi connectivity index (χ1v) is 8.30. The van der Waals surface area contributed by atoms with Gasteiger partial charge in [-0.25, -0.2) is 13.4 Å². The summed E-state index contributed by atoms with van der Waals surface area (Å²) in [4.78, 5) is 4.29. The largest absolute Gasteiger partial charge is 0.396 e. The van der Waals surface area contributed by atoms with Gasteiger partial charge in [-0.15, -0.1) is 0 Å². The van der Waals surface area contributed by atoms with E-state index in [1.54, 1.807) is 13.1 Å². The molecule has 7 heteroatoms. The number of pyridine rings is 1. The highest BCUT2D eigenvalue weighted by Crippen LogP contribution is 2.30. The predicted octanol–water partition coefficient (Wildman–Crippen LogP) is 1.05. The van der Waals surface area contributed by atoms with Crippen LogP contribution in [0.15, 0.2) is 23.2 Å². The smallest absolute Gasteiger partial charge is 0.243 e. The topological polar surface area (TPSA) is 82.5 Å². The summed E-state index contributed by atoms with van der Waals surface area (Å²) in [6, 6.07) is 3.12. The summed E-state index contributed by atoms with van der Waals surface area (Å²) in [6.45, 7) is 0.359. The molecule has 6 nitrogen and oxygen atoms in total. The van der Waals surface area contributed by atoms with Gasteiger partial charge < -0.3 is 10.4 Å². The van der Waals surface area contributed by atoms with Gasteiger partial charge in [-0.05, 0) is 25.3 Å². The van der Waals surface area contributed by atoms with Gasteiger partial charge in [0.25, 0.3) is 0 Å². The van der Waals surface area contributed by atoms with Crippen LogP contribution in [-0.4, -0.2) is 49.1 Å². The lowest BCUT2D eigenvalue weighted by molar-refractivity contribution is 0.198. The number of sulfonamides is 1. The third-order valence-corrected chi connectivity index (χ3v) is 5.56. The number of aliphatic hydroxyl groups is 1. The van der Waals surface area contributed by atoms with Crippen molar-refractivity contribution >= 4 is 15.8 Å². The molecule has 112 valence electrons. The van der Waals surface area contributed by atoms with Gasteiger partial charge in [-0.2, -0.15) is 4.31 Å².